The first-order valence-corrected chi connectivity index (χ1v) is 3.69. The van der Waals surface area contributed by atoms with Crippen LogP contribution < -0.4 is 0 Å². The molecule has 0 aliphatic rings. The minimum Gasteiger partial charge on any atom is -0.300 e. The third-order valence-corrected chi connectivity index (χ3v) is 1.52. The largest absolute Gasteiger partial charge is 0.300 e. The van der Waals surface area contributed by atoms with Gasteiger partial charge in [-0.25, -0.2) is 0 Å². The Labute approximate surface area is 71.2 Å². The molecule has 0 atom stereocenters. The summed E-state index contributed by atoms with van der Waals surface area (Å²) in [5.41, 5.74) is 1.45. The molecular weight excluding hydrogens is 152 g/mol. The first-order valence-electron chi connectivity index (χ1n) is 3.69. The monoisotopic (exact) mass is 161 g/mol. The lowest BCUT2D eigenvalue weighted by atomic mass is 10.1. The minimum atomic E-state index is 0.123. The van der Waals surface area contributed by atoms with Crippen molar-refractivity contribution in [2.45, 2.75) is 13.3 Å². The molecule has 1 rings (SSSR count). The van der Waals surface area contributed by atoms with E-state index in [0.29, 0.717) is 12.0 Å². The maximum absolute atomic E-state index is 10.7. The molecule has 0 spiro atoms. The van der Waals surface area contributed by atoms with Crippen molar-refractivity contribution in [2.75, 3.05) is 0 Å². The van der Waals surface area contributed by atoms with Crippen LogP contribution in [0.1, 0.15) is 18.1 Å². The summed E-state index contributed by atoms with van der Waals surface area (Å²) in [5, 5.41) is 0. The summed E-state index contributed by atoms with van der Waals surface area (Å²) in [7, 11) is 0. The maximum Gasteiger partial charge on any atom is 0.233 e. The number of benzene rings is 1. The molecule has 0 heterocycles. The van der Waals surface area contributed by atoms with Gasteiger partial charge in [-0.3, -0.25) is 9.59 Å². The van der Waals surface area contributed by atoms with Gasteiger partial charge in [0.25, 0.3) is 0 Å². The van der Waals surface area contributed by atoms with E-state index in [0.717, 1.165) is 5.56 Å². The van der Waals surface area contributed by atoms with Gasteiger partial charge < -0.3 is 0 Å². The molecule has 0 aromatic heterocycles. The third-order valence-electron chi connectivity index (χ3n) is 1.52. The van der Waals surface area contributed by atoms with Gasteiger partial charge in [0.2, 0.25) is 6.29 Å². The Morgan fingerprint density at radius 3 is 2.33 bits per heavy atom. The second-order valence-electron chi connectivity index (χ2n) is 2.68. The van der Waals surface area contributed by atoms with Gasteiger partial charge in [0.15, 0.2) is 0 Å². The molecule has 0 aliphatic carbocycles. The lowest BCUT2D eigenvalue weighted by molar-refractivity contribution is -0.116. The van der Waals surface area contributed by atoms with Crippen LogP contribution in [0.5, 0.6) is 0 Å². The van der Waals surface area contributed by atoms with Gasteiger partial charge in [-0.15, -0.1) is 0 Å². The Hall–Kier alpha value is -1.44. The molecule has 0 saturated heterocycles. The molecule has 2 nitrogen and oxygen atoms in total. The molecule has 0 fully saturated rings. The van der Waals surface area contributed by atoms with Crippen molar-refractivity contribution in [3.05, 3.63) is 35.4 Å². The zero-order chi connectivity index (χ0) is 8.97. The Balaban J connectivity index is 2.77. The zero-order valence-electron chi connectivity index (χ0n) is 6.83. The summed E-state index contributed by atoms with van der Waals surface area (Å²) in [6.45, 7) is 1.54. The van der Waals surface area contributed by atoms with Crippen molar-refractivity contribution < 1.29 is 9.59 Å². The molecule has 1 aromatic rings. The number of hydrogen-bond donors (Lipinski definition) is 0. The molecular formula is C10H9O2. The number of Topliss-reactive ketones (excluding diaryl/α,β-unsaturated/α-hetero) is 1. The van der Waals surface area contributed by atoms with Crippen LogP contribution in [0.4, 0.5) is 0 Å². The molecule has 1 aromatic carbocycles. The first-order chi connectivity index (χ1) is 5.72. The fourth-order valence-corrected chi connectivity index (χ4v) is 0.978. The quantitative estimate of drug-likeness (QED) is 0.669. The normalized spacial score (nSPS) is 9.42. The third kappa shape index (κ3) is 2.31. The van der Waals surface area contributed by atoms with E-state index in [-0.39, 0.29) is 5.78 Å². The van der Waals surface area contributed by atoms with E-state index in [9.17, 15) is 9.59 Å². The van der Waals surface area contributed by atoms with E-state index >= 15 is 0 Å². The van der Waals surface area contributed by atoms with E-state index < -0.39 is 0 Å². The average molecular weight is 161 g/mol. The lowest BCUT2D eigenvalue weighted by Crippen LogP contribution is -1.95. The highest BCUT2D eigenvalue weighted by Crippen LogP contribution is 2.03. The standard InChI is InChI=1S/C10H9O2/c1-8(12)6-9-2-4-10(7-11)5-3-9/h2-5H,6H2,1H3. The molecule has 0 amide bonds. The van der Waals surface area contributed by atoms with Gasteiger partial charge >= 0.3 is 0 Å². The smallest absolute Gasteiger partial charge is 0.233 e. The van der Waals surface area contributed by atoms with Gasteiger partial charge in [0.1, 0.15) is 5.78 Å². The predicted octanol–water partition coefficient (Wildman–Crippen LogP) is 1.28. The topological polar surface area (TPSA) is 34.1 Å². The number of ketones is 1. The van der Waals surface area contributed by atoms with Gasteiger partial charge in [-0.2, -0.15) is 0 Å². The fraction of sp³-hybridized carbons (Fsp3) is 0.200. The molecule has 2 heteroatoms. The van der Waals surface area contributed by atoms with Crippen molar-refractivity contribution in [2.24, 2.45) is 0 Å². The Bertz CT molecular complexity index is 285. The Morgan fingerprint density at radius 2 is 1.92 bits per heavy atom. The number of carbonyl (C=O) groups is 1. The van der Waals surface area contributed by atoms with E-state index in [1.807, 2.05) is 0 Å². The molecule has 0 unspecified atom stereocenters. The molecule has 61 valence electrons. The molecule has 0 aliphatic heterocycles. The van der Waals surface area contributed by atoms with Crippen LogP contribution in [0.2, 0.25) is 0 Å². The summed E-state index contributed by atoms with van der Waals surface area (Å²) in [5.74, 6) is 0.123. The van der Waals surface area contributed by atoms with Crippen molar-refractivity contribution in [1.29, 1.82) is 0 Å². The summed E-state index contributed by atoms with van der Waals surface area (Å²) < 4.78 is 0. The molecule has 0 bridgehead atoms. The van der Waals surface area contributed by atoms with Crippen molar-refractivity contribution in [1.82, 2.24) is 0 Å². The summed E-state index contributed by atoms with van der Waals surface area (Å²) in [6.07, 6.45) is 2.20. The van der Waals surface area contributed by atoms with Crippen LogP contribution in [0.15, 0.2) is 24.3 Å². The number of carbonyl (C=O) groups excluding carboxylic acids is 2. The highest BCUT2D eigenvalue weighted by Gasteiger charge is 1.97. The maximum atomic E-state index is 10.7. The SMILES string of the molecule is CC(=O)Cc1ccc([C]=O)cc1. The Morgan fingerprint density at radius 1 is 1.33 bits per heavy atom. The van der Waals surface area contributed by atoms with Crippen LogP contribution >= 0.6 is 0 Å². The second kappa shape index (κ2) is 3.81. The predicted molar refractivity (Wildman–Crippen MR) is 45.6 cm³/mol. The van der Waals surface area contributed by atoms with Gasteiger partial charge in [-0.1, -0.05) is 24.3 Å². The van der Waals surface area contributed by atoms with Gasteiger partial charge in [-0.05, 0) is 12.5 Å². The number of hydrogen-bond acceptors (Lipinski definition) is 2. The van der Waals surface area contributed by atoms with Gasteiger partial charge in [0.05, 0.1) is 0 Å². The minimum absolute atomic E-state index is 0.123. The summed E-state index contributed by atoms with van der Waals surface area (Å²) >= 11 is 0. The average Bonchev–Trinajstić information content (AvgIpc) is 2.05. The first kappa shape index (κ1) is 8.65. The molecule has 0 N–H and O–H groups in total. The summed E-state index contributed by atoms with van der Waals surface area (Å²) in [4.78, 5) is 20.8. The van der Waals surface area contributed by atoms with Crippen LogP contribution in [0.25, 0.3) is 0 Å². The molecule has 0 saturated carbocycles. The molecule has 12 heavy (non-hydrogen) atoms. The van der Waals surface area contributed by atoms with Crippen LogP contribution in [0.3, 0.4) is 0 Å². The van der Waals surface area contributed by atoms with Crippen molar-refractivity contribution in [3.63, 3.8) is 0 Å². The Kier molecular flexibility index (Phi) is 2.75. The van der Waals surface area contributed by atoms with E-state index in [1.165, 1.54) is 0 Å². The molecule has 1 radical (unpaired) electrons. The van der Waals surface area contributed by atoms with Crippen LogP contribution in [-0.4, -0.2) is 12.1 Å². The fourth-order valence-electron chi connectivity index (χ4n) is 0.978. The van der Waals surface area contributed by atoms with Crippen molar-refractivity contribution in [3.8, 4) is 0 Å². The highest BCUT2D eigenvalue weighted by atomic mass is 16.1. The summed E-state index contributed by atoms with van der Waals surface area (Å²) in [6, 6.07) is 6.85. The zero-order valence-corrected chi connectivity index (χ0v) is 6.83. The lowest BCUT2D eigenvalue weighted by Gasteiger charge is -1.96. The van der Waals surface area contributed by atoms with Crippen LogP contribution in [-0.2, 0) is 16.0 Å². The van der Waals surface area contributed by atoms with E-state index in [1.54, 1.807) is 37.5 Å². The van der Waals surface area contributed by atoms with E-state index in [4.69, 9.17) is 0 Å². The highest BCUT2D eigenvalue weighted by molar-refractivity contribution is 5.79. The second-order valence-corrected chi connectivity index (χ2v) is 2.68. The van der Waals surface area contributed by atoms with E-state index in [2.05, 4.69) is 0 Å². The number of rotatable bonds is 3. The van der Waals surface area contributed by atoms with Gasteiger partial charge in [0, 0.05) is 12.0 Å². The van der Waals surface area contributed by atoms with Crippen molar-refractivity contribution >= 4 is 12.1 Å². The van der Waals surface area contributed by atoms with Crippen LogP contribution in [0, 0.1) is 0 Å².